The third kappa shape index (κ3) is 4.64. The average molecular weight is 535 g/mol. The van der Waals surface area contributed by atoms with E-state index >= 15 is 0 Å². The molecule has 6 rings (SSSR count). The maximum absolute atomic E-state index is 2.53. The number of fused-ring (bicyclic) bond motifs is 2. The Balaban J connectivity index is 1.97. The van der Waals surface area contributed by atoms with E-state index in [-0.39, 0.29) is 0 Å². The van der Waals surface area contributed by atoms with E-state index in [0.717, 1.165) is 19.3 Å². The van der Waals surface area contributed by atoms with Gasteiger partial charge in [-0.3, -0.25) is 0 Å². The Morgan fingerprint density at radius 3 is 1.88 bits per heavy atom. The summed E-state index contributed by atoms with van der Waals surface area (Å²) in [4.78, 5) is 0. The van der Waals surface area contributed by atoms with Crippen LogP contribution in [0, 0.1) is 10.4 Å². The first-order chi connectivity index (χ1) is 19.9. The zero-order valence-corrected chi connectivity index (χ0v) is 25.5. The summed E-state index contributed by atoms with van der Waals surface area (Å²) >= 11 is 0. The topological polar surface area (TPSA) is 0 Å². The fourth-order valence-corrected chi connectivity index (χ4v) is 7.27. The van der Waals surface area contributed by atoms with Crippen LogP contribution in [0.3, 0.4) is 0 Å². The summed E-state index contributed by atoms with van der Waals surface area (Å²) in [6, 6.07) is 27.0. The standard InChI is InChI=1S/C41H42/c1-7-28-23-32-25-35-39(31-21-15-16-22-31)33(8-2)36(26(3)4)37(27(5)6)41(35)40(32)34(24-28)38(29-17-11-9-12-18-29)30-19-13-10-14-20-30/h9-21,23-27H,7-8,22H2,1-6H3. The van der Waals surface area contributed by atoms with Crippen LogP contribution < -0.4 is 10.4 Å². The number of aryl methyl sites for hydroxylation is 1. The Hall–Kier alpha value is -3.90. The van der Waals surface area contributed by atoms with E-state index in [1.807, 2.05) is 0 Å². The van der Waals surface area contributed by atoms with E-state index in [2.05, 4.69) is 139 Å². The van der Waals surface area contributed by atoms with Gasteiger partial charge in [-0.1, -0.05) is 133 Å². The van der Waals surface area contributed by atoms with E-state index < -0.39 is 0 Å². The molecule has 2 aliphatic rings. The molecular weight excluding hydrogens is 492 g/mol. The Morgan fingerprint density at radius 1 is 0.732 bits per heavy atom. The zero-order chi connectivity index (χ0) is 28.7. The molecule has 0 amide bonds. The summed E-state index contributed by atoms with van der Waals surface area (Å²) in [6.45, 7) is 14.2. The molecule has 0 N–H and O–H groups in total. The van der Waals surface area contributed by atoms with Crippen molar-refractivity contribution in [1.82, 2.24) is 0 Å². The number of allylic oxidation sites excluding steroid dienone is 4. The molecule has 2 aliphatic carbocycles. The highest BCUT2D eigenvalue weighted by molar-refractivity contribution is 5.82. The molecule has 0 heterocycles. The maximum atomic E-state index is 2.53. The van der Waals surface area contributed by atoms with Gasteiger partial charge in [0.25, 0.3) is 0 Å². The average Bonchev–Trinajstić information content (AvgIpc) is 3.65. The first-order valence-electron chi connectivity index (χ1n) is 15.5. The molecule has 0 aromatic heterocycles. The molecule has 0 atom stereocenters. The number of benzene rings is 4. The fraction of sp³-hybridized carbons (Fsp3) is 0.268. The lowest BCUT2D eigenvalue weighted by molar-refractivity contribution is 0.767. The molecule has 0 aliphatic heterocycles. The minimum atomic E-state index is 0.422. The number of hydrogen-bond donors (Lipinski definition) is 0. The quantitative estimate of drug-likeness (QED) is 0.195. The van der Waals surface area contributed by atoms with Crippen LogP contribution >= 0.6 is 0 Å². The normalized spacial score (nSPS) is 13.4. The molecule has 4 aromatic rings. The largest absolute Gasteiger partial charge is 0.0801 e. The van der Waals surface area contributed by atoms with Crippen LogP contribution in [0.15, 0.2) is 91.0 Å². The first-order valence-corrected chi connectivity index (χ1v) is 15.5. The summed E-state index contributed by atoms with van der Waals surface area (Å²) in [5.74, 6) is 0.876. The van der Waals surface area contributed by atoms with Gasteiger partial charge in [-0.05, 0) is 114 Å². The van der Waals surface area contributed by atoms with E-state index in [0.29, 0.717) is 11.8 Å². The van der Waals surface area contributed by atoms with Crippen molar-refractivity contribution in [3.8, 4) is 0 Å². The Morgan fingerprint density at radius 2 is 1.37 bits per heavy atom. The SMILES string of the molecule is CCc1cc2c(c(=C(c3ccccc3)c3ccccc3)c1)=c1c(C(C)C)c(C(C)C)c(CC)c(C3=CC=CC3)c1=C2. The van der Waals surface area contributed by atoms with Crippen molar-refractivity contribution in [3.05, 3.63) is 156 Å². The summed E-state index contributed by atoms with van der Waals surface area (Å²) in [5, 5.41) is 5.69. The van der Waals surface area contributed by atoms with Crippen LogP contribution in [0.5, 0.6) is 0 Å². The number of rotatable bonds is 7. The van der Waals surface area contributed by atoms with Gasteiger partial charge in [0, 0.05) is 0 Å². The second-order valence-corrected chi connectivity index (χ2v) is 12.2. The molecule has 0 unspecified atom stereocenters. The minimum absolute atomic E-state index is 0.422. The van der Waals surface area contributed by atoms with Crippen molar-refractivity contribution in [1.29, 1.82) is 0 Å². The van der Waals surface area contributed by atoms with Gasteiger partial charge in [0.1, 0.15) is 0 Å². The lowest BCUT2D eigenvalue weighted by Crippen LogP contribution is -2.21. The number of hydrogen-bond acceptors (Lipinski definition) is 0. The Kier molecular flexibility index (Phi) is 7.43. The smallest absolute Gasteiger partial charge is 0.00228 e. The molecule has 0 fully saturated rings. The molecule has 4 aromatic carbocycles. The summed E-state index contributed by atoms with van der Waals surface area (Å²) < 4.78 is 0. The van der Waals surface area contributed by atoms with Crippen LogP contribution in [0.1, 0.15) is 104 Å². The van der Waals surface area contributed by atoms with Gasteiger partial charge in [-0.2, -0.15) is 0 Å². The van der Waals surface area contributed by atoms with Crippen molar-refractivity contribution < 1.29 is 0 Å². The van der Waals surface area contributed by atoms with Crippen LogP contribution in [0.2, 0.25) is 0 Å². The predicted molar refractivity (Wildman–Crippen MR) is 177 cm³/mol. The molecule has 0 bridgehead atoms. The molecule has 206 valence electrons. The summed E-state index contributed by atoms with van der Waals surface area (Å²) in [6.07, 6.45) is 12.5. The van der Waals surface area contributed by atoms with Gasteiger partial charge in [-0.25, -0.2) is 0 Å². The van der Waals surface area contributed by atoms with E-state index in [4.69, 9.17) is 0 Å². The molecule has 0 nitrogen and oxygen atoms in total. The second-order valence-electron chi connectivity index (χ2n) is 12.2. The molecule has 0 saturated heterocycles. The molecular formula is C41H42. The lowest BCUT2D eigenvalue weighted by atomic mass is 9.79. The van der Waals surface area contributed by atoms with E-state index in [1.165, 1.54) is 59.8 Å². The van der Waals surface area contributed by atoms with Crippen molar-refractivity contribution >= 4 is 17.2 Å². The van der Waals surface area contributed by atoms with E-state index in [1.54, 1.807) is 16.7 Å². The highest BCUT2D eigenvalue weighted by Crippen LogP contribution is 2.37. The summed E-state index contributed by atoms with van der Waals surface area (Å²) in [7, 11) is 0. The molecule has 0 heteroatoms. The van der Waals surface area contributed by atoms with Gasteiger partial charge in [0.05, 0.1) is 0 Å². The highest BCUT2D eigenvalue weighted by Gasteiger charge is 2.25. The van der Waals surface area contributed by atoms with Crippen molar-refractivity contribution in [3.63, 3.8) is 0 Å². The highest BCUT2D eigenvalue weighted by atomic mass is 14.3. The van der Waals surface area contributed by atoms with Gasteiger partial charge in [0.2, 0.25) is 0 Å². The lowest BCUT2D eigenvalue weighted by Gasteiger charge is -2.25. The molecule has 0 spiro atoms. The molecule has 0 radical (unpaired) electrons. The van der Waals surface area contributed by atoms with Gasteiger partial charge in [-0.15, -0.1) is 0 Å². The van der Waals surface area contributed by atoms with E-state index in [9.17, 15) is 0 Å². The minimum Gasteiger partial charge on any atom is -0.0801 e. The molecule has 0 saturated carbocycles. The Labute approximate surface area is 245 Å². The van der Waals surface area contributed by atoms with Crippen molar-refractivity contribution in [2.24, 2.45) is 0 Å². The third-order valence-electron chi connectivity index (χ3n) is 8.91. The first kappa shape index (κ1) is 27.3. The van der Waals surface area contributed by atoms with Gasteiger partial charge >= 0.3 is 0 Å². The van der Waals surface area contributed by atoms with Crippen molar-refractivity contribution in [2.75, 3.05) is 0 Å². The van der Waals surface area contributed by atoms with Crippen molar-refractivity contribution in [2.45, 2.75) is 72.6 Å². The van der Waals surface area contributed by atoms with Crippen LogP contribution in [-0.4, -0.2) is 0 Å². The third-order valence-corrected chi connectivity index (χ3v) is 8.91. The summed E-state index contributed by atoms with van der Waals surface area (Å²) in [5.41, 5.74) is 14.2. The molecule has 41 heavy (non-hydrogen) atoms. The Bertz CT molecular complexity index is 1860. The van der Waals surface area contributed by atoms with Crippen LogP contribution in [0.25, 0.3) is 17.2 Å². The zero-order valence-electron chi connectivity index (χ0n) is 25.5. The predicted octanol–water partition coefficient (Wildman–Crippen LogP) is 9.08. The van der Waals surface area contributed by atoms with Crippen LogP contribution in [-0.2, 0) is 12.8 Å². The second kappa shape index (κ2) is 11.2. The van der Waals surface area contributed by atoms with Gasteiger partial charge < -0.3 is 0 Å². The monoisotopic (exact) mass is 534 g/mol. The fourth-order valence-electron chi connectivity index (χ4n) is 7.27. The van der Waals surface area contributed by atoms with Crippen LogP contribution in [0.4, 0.5) is 0 Å². The maximum Gasteiger partial charge on any atom is -0.00228 e. The van der Waals surface area contributed by atoms with Gasteiger partial charge in [0.15, 0.2) is 0 Å².